The van der Waals surface area contributed by atoms with Crippen LogP contribution in [-0.2, 0) is 0 Å². The molecule has 0 aliphatic carbocycles. The maximum Gasteiger partial charge on any atom is 0.273 e. The summed E-state index contributed by atoms with van der Waals surface area (Å²) in [7, 11) is 0. The largest absolute Gasteiger partial charge is 0.396 e. The summed E-state index contributed by atoms with van der Waals surface area (Å²) in [6, 6.07) is 4.63. The summed E-state index contributed by atoms with van der Waals surface area (Å²) in [6.45, 7) is 4.44. The van der Waals surface area contributed by atoms with Crippen molar-refractivity contribution in [2.24, 2.45) is 0 Å². The van der Waals surface area contributed by atoms with Crippen LogP contribution in [0.2, 0.25) is 0 Å². The van der Waals surface area contributed by atoms with E-state index in [1.807, 2.05) is 6.92 Å². The molecular formula is C16H22N2O4. The molecule has 0 radical (unpaired) electrons. The van der Waals surface area contributed by atoms with Gasteiger partial charge in [0.05, 0.1) is 4.92 Å². The Bertz CT molecular complexity index is 588. The van der Waals surface area contributed by atoms with Crippen molar-refractivity contribution in [1.29, 1.82) is 0 Å². The number of carbonyl (C=O) groups excluding carboxylic acids is 1. The molecule has 6 nitrogen and oxygen atoms in total. The average Bonchev–Trinajstić information content (AvgIpc) is 2.87. The Balaban J connectivity index is 2.27. The first kappa shape index (κ1) is 16.4. The number of nitro groups is 1. The van der Waals surface area contributed by atoms with Crippen molar-refractivity contribution in [3.8, 4) is 0 Å². The van der Waals surface area contributed by atoms with E-state index in [0.717, 1.165) is 19.3 Å². The van der Waals surface area contributed by atoms with Gasteiger partial charge in [0.15, 0.2) is 0 Å². The van der Waals surface area contributed by atoms with Gasteiger partial charge in [-0.15, -0.1) is 0 Å². The summed E-state index contributed by atoms with van der Waals surface area (Å²) in [5.74, 6) is -0.166. The van der Waals surface area contributed by atoms with Gasteiger partial charge in [-0.2, -0.15) is 0 Å². The zero-order chi connectivity index (χ0) is 16.3. The lowest BCUT2D eigenvalue weighted by atomic mass is 9.92. The molecule has 0 bridgehead atoms. The van der Waals surface area contributed by atoms with E-state index in [4.69, 9.17) is 5.11 Å². The molecule has 0 aromatic heterocycles. The summed E-state index contributed by atoms with van der Waals surface area (Å²) in [5.41, 5.74) is 0.599. The molecule has 0 unspecified atom stereocenters. The van der Waals surface area contributed by atoms with E-state index < -0.39 is 4.92 Å². The first-order chi connectivity index (χ1) is 10.4. The van der Waals surface area contributed by atoms with Crippen LogP contribution in [-0.4, -0.2) is 39.5 Å². The number of benzene rings is 1. The van der Waals surface area contributed by atoms with Gasteiger partial charge >= 0.3 is 0 Å². The third-order valence-electron chi connectivity index (χ3n) is 4.52. The number of hydrogen-bond donors (Lipinski definition) is 1. The molecule has 1 aliphatic heterocycles. The number of aliphatic hydroxyl groups excluding tert-OH is 1. The minimum atomic E-state index is -0.457. The number of amides is 1. The van der Waals surface area contributed by atoms with E-state index in [2.05, 4.69) is 0 Å². The summed E-state index contributed by atoms with van der Waals surface area (Å²) < 4.78 is 0. The van der Waals surface area contributed by atoms with Gasteiger partial charge in [0.2, 0.25) is 0 Å². The Kier molecular flexibility index (Phi) is 4.81. The van der Waals surface area contributed by atoms with Gasteiger partial charge in [-0.3, -0.25) is 14.9 Å². The molecule has 0 saturated carbocycles. The number of carbonyl (C=O) groups is 1. The summed E-state index contributed by atoms with van der Waals surface area (Å²) >= 11 is 0. The third kappa shape index (κ3) is 3.11. The van der Waals surface area contributed by atoms with Gasteiger partial charge in [0.1, 0.15) is 0 Å². The van der Waals surface area contributed by atoms with Crippen LogP contribution in [0.5, 0.6) is 0 Å². The first-order valence-corrected chi connectivity index (χ1v) is 7.57. The lowest BCUT2D eigenvalue weighted by Crippen LogP contribution is -2.45. The lowest BCUT2D eigenvalue weighted by Gasteiger charge is -2.35. The molecule has 1 atom stereocenters. The third-order valence-corrected chi connectivity index (χ3v) is 4.52. The van der Waals surface area contributed by atoms with Crippen LogP contribution in [0.15, 0.2) is 18.2 Å². The van der Waals surface area contributed by atoms with Crippen molar-refractivity contribution >= 4 is 11.6 Å². The van der Waals surface area contributed by atoms with Crippen molar-refractivity contribution in [1.82, 2.24) is 4.90 Å². The van der Waals surface area contributed by atoms with E-state index in [9.17, 15) is 14.9 Å². The predicted molar refractivity (Wildman–Crippen MR) is 82.8 cm³/mol. The highest BCUT2D eigenvalue weighted by Crippen LogP contribution is 2.34. The van der Waals surface area contributed by atoms with Crippen molar-refractivity contribution < 1.29 is 14.8 Å². The van der Waals surface area contributed by atoms with Gasteiger partial charge < -0.3 is 10.0 Å². The highest BCUT2D eigenvalue weighted by atomic mass is 16.6. The second-order valence-corrected chi connectivity index (χ2v) is 6.14. The minimum absolute atomic E-state index is 0.0258. The van der Waals surface area contributed by atoms with E-state index in [1.54, 1.807) is 24.0 Å². The highest BCUT2D eigenvalue weighted by molar-refractivity contribution is 5.95. The average molecular weight is 306 g/mol. The molecule has 1 amide bonds. The van der Waals surface area contributed by atoms with Gasteiger partial charge in [-0.05, 0) is 45.6 Å². The van der Waals surface area contributed by atoms with Crippen LogP contribution >= 0.6 is 0 Å². The molecule has 120 valence electrons. The molecular weight excluding hydrogens is 284 g/mol. The zero-order valence-corrected chi connectivity index (χ0v) is 13.0. The molecule has 1 aliphatic rings. The van der Waals surface area contributed by atoms with Crippen LogP contribution in [0.3, 0.4) is 0 Å². The minimum Gasteiger partial charge on any atom is -0.396 e. The number of rotatable bonds is 5. The maximum absolute atomic E-state index is 12.8. The number of aryl methyl sites for hydroxylation is 1. The molecule has 0 spiro atoms. The second-order valence-electron chi connectivity index (χ2n) is 6.14. The topological polar surface area (TPSA) is 83.7 Å². The summed E-state index contributed by atoms with van der Waals surface area (Å²) in [4.78, 5) is 25.1. The van der Waals surface area contributed by atoms with Crippen LogP contribution in [0, 0.1) is 17.0 Å². The smallest absolute Gasteiger partial charge is 0.273 e. The quantitative estimate of drug-likeness (QED) is 0.669. The van der Waals surface area contributed by atoms with E-state index in [-0.39, 0.29) is 23.7 Å². The van der Waals surface area contributed by atoms with Crippen molar-refractivity contribution in [3.63, 3.8) is 0 Å². The zero-order valence-electron chi connectivity index (χ0n) is 13.0. The number of nitrogens with zero attached hydrogens (tertiary/aromatic N) is 2. The molecule has 1 aromatic carbocycles. The molecule has 1 fully saturated rings. The molecule has 6 heteroatoms. The molecule has 1 saturated heterocycles. The van der Waals surface area contributed by atoms with Crippen LogP contribution in [0.4, 0.5) is 5.69 Å². The summed E-state index contributed by atoms with van der Waals surface area (Å²) in [5, 5.41) is 20.1. The number of hydrogen-bond acceptors (Lipinski definition) is 4. The first-order valence-electron chi connectivity index (χ1n) is 7.57. The summed E-state index contributed by atoms with van der Waals surface area (Å²) in [6.07, 6.45) is 3.20. The van der Waals surface area contributed by atoms with Crippen LogP contribution in [0.1, 0.15) is 48.5 Å². The fourth-order valence-corrected chi connectivity index (χ4v) is 3.18. The fourth-order valence-electron chi connectivity index (χ4n) is 3.18. The van der Waals surface area contributed by atoms with Crippen LogP contribution in [0.25, 0.3) is 0 Å². The molecule has 1 aromatic rings. The molecule has 22 heavy (non-hydrogen) atoms. The van der Waals surface area contributed by atoms with Crippen LogP contribution < -0.4 is 0 Å². The van der Waals surface area contributed by atoms with Gasteiger partial charge in [-0.25, -0.2) is 0 Å². The fraction of sp³-hybridized carbons (Fsp3) is 0.562. The molecule has 1 N–H and O–H groups in total. The maximum atomic E-state index is 12.8. The Hall–Kier alpha value is -1.95. The Morgan fingerprint density at radius 1 is 1.50 bits per heavy atom. The lowest BCUT2D eigenvalue weighted by molar-refractivity contribution is -0.385. The van der Waals surface area contributed by atoms with Crippen molar-refractivity contribution in [2.75, 3.05) is 13.2 Å². The Labute approximate surface area is 129 Å². The van der Waals surface area contributed by atoms with Gasteiger partial charge in [-0.1, -0.05) is 6.07 Å². The number of likely N-dealkylation sites (tertiary alicyclic amines) is 1. The Morgan fingerprint density at radius 3 is 2.86 bits per heavy atom. The van der Waals surface area contributed by atoms with Crippen molar-refractivity contribution in [3.05, 3.63) is 39.4 Å². The monoisotopic (exact) mass is 306 g/mol. The van der Waals surface area contributed by atoms with Crippen molar-refractivity contribution in [2.45, 2.75) is 45.1 Å². The van der Waals surface area contributed by atoms with E-state index >= 15 is 0 Å². The van der Waals surface area contributed by atoms with E-state index in [1.165, 1.54) is 6.07 Å². The number of aliphatic hydroxyl groups is 1. The highest BCUT2D eigenvalue weighted by Gasteiger charge is 2.39. The van der Waals surface area contributed by atoms with Gasteiger partial charge in [0, 0.05) is 35.9 Å². The normalized spacial score (nSPS) is 21.1. The number of nitro benzene ring substituents is 1. The standard InChI is InChI=1S/C16H22N2O4/c1-12-5-6-13(11-14(12)18(21)22)15(20)17-9-3-7-16(17,2)8-4-10-19/h5-6,11,19H,3-4,7-10H2,1-2H3/t16-/m0/s1. The van der Waals surface area contributed by atoms with Gasteiger partial charge in [0.25, 0.3) is 11.6 Å². The Morgan fingerprint density at radius 2 is 2.23 bits per heavy atom. The molecule has 2 rings (SSSR count). The SMILES string of the molecule is Cc1ccc(C(=O)N2CCC[C@@]2(C)CCCO)cc1[N+](=O)[O-]. The molecule has 1 heterocycles. The second kappa shape index (κ2) is 6.44. The van der Waals surface area contributed by atoms with E-state index in [0.29, 0.717) is 24.1 Å². The predicted octanol–water partition coefficient (Wildman–Crippen LogP) is 2.67.